The molecular formula is C17H19F2N3. The largest absolute Gasteiger partial charge is 0.294 e. The molecule has 2 heterocycles. The fourth-order valence-corrected chi connectivity index (χ4v) is 2.79. The van der Waals surface area contributed by atoms with Crippen LogP contribution in [0.5, 0.6) is 0 Å². The first-order valence-corrected chi connectivity index (χ1v) is 7.65. The summed E-state index contributed by atoms with van der Waals surface area (Å²) in [6, 6.07) is 3.75. The quantitative estimate of drug-likeness (QED) is 0.868. The van der Waals surface area contributed by atoms with Crippen molar-refractivity contribution < 1.29 is 8.78 Å². The molecule has 3 nitrogen and oxygen atoms in total. The fraction of sp³-hybridized carbons (Fsp3) is 0.412. The van der Waals surface area contributed by atoms with E-state index in [2.05, 4.69) is 21.8 Å². The van der Waals surface area contributed by atoms with Gasteiger partial charge in [0.25, 0.3) is 0 Å². The van der Waals surface area contributed by atoms with Gasteiger partial charge in [-0.2, -0.15) is 0 Å². The van der Waals surface area contributed by atoms with Crippen LogP contribution in [0.2, 0.25) is 0 Å². The molecule has 2 aromatic rings. The topological polar surface area (TPSA) is 29.0 Å². The summed E-state index contributed by atoms with van der Waals surface area (Å²) in [5.41, 5.74) is 2.73. The van der Waals surface area contributed by atoms with E-state index in [1.165, 1.54) is 12.1 Å². The lowest BCUT2D eigenvalue weighted by Gasteiger charge is -2.28. The molecule has 0 amide bonds. The monoisotopic (exact) mass is 303 g/mol. The molecule has 1 aliphatic rings. The average molecular weight is 303 g/mol. The van der Waals surface area contributed by atoms with Crippen molar-refractivity contribution in [2.45, 2.75) is 39.3 Å². The van der Waals surface area contributed by atoms with Crippen molar-refractivity contribution in [3.8, 4) is 0 Å². The number of fused-ring (bicyclic) bond motifs is 1. The Morgan fingerprint density at radius 3 is 2.91 bits per heavy atom. The number of benzene rings is 1. The lowest BCUT2D eigenvalue weighted by Crippen LogP contribution is -2.31. The summed E-state index contributed by atoms with van der Waals surface area (Å²) in [6.07, 6.45) is 4.67. The van der Waals surface area contributed by atoms with Gasteiger partial charge in [0.15, 0.2) is 0 Å². The van der Waals surface area contributed by atoms with Gasteiger partial charge in [0, 0.05) is 61.6 Å². The van der Waals surface area contributed by atoms with Crippen molar-refractivity contribution in [3.05, 3.63) is 58.7 Å². The van der Waals surface area contributed by atoms with Crippen molar-refractivity contribution in [2.24, 2.45) is 0 Å². The SMILES string of the molecule is CCCc1ncc2c(n1)CCN(Cc1ccc(F)cc1F)C2. The second-order valence-corrected chi connectivity index (χ2v) is 5.70. The number of nitrogens with zero attached hydrogens (tertiary/aromatic N) is 3. The molecule has 116 valence electrons. The van der Waals surface area contributed by atoms with Gasteiger partial charge in [-0.1, -0.05) is 13.0 Å². The molecule has 1 aliphatic heterocycles. The van der Waals surface area contributed by atoms with Gasteiger partial charge in [0.05, 0.1) is 0 Å². The summed E-state index contributed by atoms with van der Waals surface area (Å²) in [6.45, 7) is 4.12. The minimum Gasteiger partial charge on any atom is -0.294 e. The van der Waals surface area contributed by atoms with Crippen LogP contribution in [0.15, 0.2) is 24.4 Å². The van der Waals surface area contributed by atoms with E-state index >= 15 is 0 Å². The third-order valence-electron chi connectivity index (χ3n) is 3.95. The van der Waals surface area contributed by atoms with Crippen LogP contribution in [0.4, 0.5) is 8.78 Å². The second-order valence-electron chi connectivity index (χ2n) is 5.70. The van der Waals surface area contributed by atoms with Gasteiger partial charge in [-0.15, -0.1) is 0 Å². The van der Waals surface area contributed by atoms with Crippen LogP contribution in [0.3, 0.4) is 0 Å². The van der Waals surface area contributed by atoms with Crippen molar-refractivity contribution in [2.75, 3.05) is 6.54 Å². The molecule has 5 heteroatoms. The molecule has 0 fully saturated rings. The normalized spacial score (nSPS) is 14.9. The zero-order chi connectivity index (χ0) is 15.5. The Labute approximate surface area is 129 Å². The number of halogens is 2. The lowest BCUT2D eigenvalue weighted by molar-refractivity contribution is 0.239. The Hall–Kier alpha value is -1.88. The van der Waals surface area contributed by atoms with Gasteiger partial charge in [-0.05, 0) is 12.5 Å². The maximum Gasteiger partial charge on any atom is 0.130 e. The van der Waals surface area contributed by atoms with Gasteiger partial charge in [0.1, 0.15) is 17.5 Å². The summed E-state index contributed by atoms with van der Waals surface area (Å²) < 4.78 is 26.7. The van der Waals surface area contributed by atoms with Gasteiger partial charge >= 0.3 is 0 Å². The summed E-state index contributed by atoms with van der Waals surface area (Å²) in [7, 11) is 0. The number of aromatic nitrogens is 2. The van der Waals surface area contributed by atoms with Crippen molar-refractivity contribution in [1.82, 2.24) is 14.9 Å². The third-order valence-corrected chi connectivity index (χ3v) is 3.95. The molecule has 0 radical (unpaired) electrons. The molecule has 1 aromatic heterocycles. The maximum absolute atomic E-state index is 13.7. The number of aryl methyl sites for hydroxylation is 1. The molecule has 1 aromatic carbocycles. The maximum atomic E-state index is 13.7. The van der Waals surface area contributed by atoms with E-state index in [1.54, 1.807) is 0 Å². The first-order chi connectivity index (χ1) is 10.7. The zero-order valence-corrected chi connectivity index (χ0v) is 12.6. The van der Waals surface area contributed by atoms with Crippen LogP contribution < -0.4 is 0 Å². The minimum absolute atomic E-state index is 0.474. The van der Waals surface area contributed by atoms with Crippen LogP contribution in [0, 0.1) is 11.6 Å². The van der Waals surface area contributed by atoms with E-state index < -0.39 is 11.6 Å². The zero-order valence-electron chi connectivity index (χ0n) is 12.6. The van der Waals surface area contributed by atoms with Crippen LogP contribution in [-0.2, 0) is 25.9 Å². The molecule has 0 bridgehead atoms. The van der Waals surface area contributed by atoms with E-state index in [0.29, 0.717) is 18.7 Å². The summed E-state index contributed by atoms with van der Waals surface area (Å²) in [5, 5.41) is 0. The molecule has 3 rings (SSSR count). The standard InChI is InChI=1S/C17H19F2N3/c1-2-3-17-20-9-13-11-22(7-6-16(13)21-17)10-12-4-5-14(18)8-15(12)19/h4-5,8-9H,2-3,6-7,10-11H2,1H3. The smallest absolute Gasteiger partial charge is 0.130 e. The Balaban J connectivity index is 1.71. The number of rotatable bonds is 4. The highest BCUT2D eigenvalue weighted by Gasteiger charge is 2.19. The number of hydrogen-bond acceptors (Lipinski definition) is 3. The highest BCUT2D eigenvalue weighted by molar-refractivity contribution is 5.22. The highest BCUT2D eigenvalue weighted by atomic mass is 19.1. The van der Waals surface area contributed by atoms with Gasteiger partial charge < -0.3 is 0 Å². The van der Waals surface area contributed by atoms with Gasteiger partial charge in [-0.3, -0.25) is 4.90 Å². The first-order valence-electron chi connectivity index (χ1n) is 7.65. The second kappa shape index (κ2) is 6.48. The molecule has 0 spiro atoms. The lowest BCUT2D eigenvalue weighted by atomic mass is 10.1. The molecule has 0 N–H and O–H groups in total. The van der Waals surface area contributed by atoms with Crippen LogP contribution in [0.1, 0.15) is 36.0 Å². The van der Waals surface area contributed by atoms with Crippen LogP contribution >= 0.6 is 0 Å². The Kier molecular flexibility index (Phi) is 4.43. The molecule has 22 heavy (non-hydrogen) atoms. The third kappa shape index (κ3) is 3.30. The fourth-order valence-electron chi connectivity index (χ4n) is 2.79. The molecule has 0 unspecified atom stereocenters. The van der Waals surface area contributed by atoms with E-state index in [9.17, 15) is 8.78 Å². The molecule has 0 aliphatic carbocycles. The van der Waals surface area contributed by atoms with E-state index in [1.807, 2.05) is 6.20 Å². The Morgan fingerprint density at radius 2 is 2.14 bits per heavy atom. The average Bonchev–Trinajstić information content (AvgIpc) is 2.50. The highest BCUT2D eigenvalue weighted by Crippen LogP contribution is 2.20. The van der Waals surface area contributed by atoms with E-state index in [0.717, 1.165) is 49.0 Å². The number of hydrogen-bond donors (Lipinski definition) is 0. The molecule has 0 saturated carbocycles. The molecule has 0 atom stereocenters. The Bertz CT molecular complexity index is 673. The van der Waals surface area contributed by atoms with Gasteiger partial charge in [-0.25, -0.2) is 18.7 Å². The van der Waals surface area contributed by atoms with Gasteiger partial charge in [0.2, 0.25) is 0 Å². The van der Waals surface area contributed by atoms with Crippen molar-refractivity contribution in [3.63, 3.8) is 0 Å². The minimum atomic E-state index is -0.540. The predicted molar refractivity (Wildman–Crippen MR) is 80.2 cm³/mol. The van der Waals surface area contributed by atoms with Crippen LogP contribution in [0.25, 0.3) is 0 Å². The van der Waals surface area contributed by atoms with Crippen molar-refractivity contribution in [1.29, 1.82) is 0 Å². The van der Waals surface area contributed by atoms with Crippen LogP contribution in [-0.4, -0.2) is 21.4 Å². The van der Waals surface area contributed by atoms with Crippen molar-refractivity contribution >= 4 is 0 Å². The summed E-state index contributed by atoms with van der Waals surface area (Å²) in [4.78, 5) is 11.1. The van der Waals surface area contributed by atoms with E-state index in [4.69, 9.17) is 0 Å². The molecule has 0 saturated heterocycles. The summed E-state index contributed by atoms with van der Waals surface area (Å²) in [5.74, 6) is -0.123. The molecular weight excluding hydrogens is 284 g/mol. The Morgan fingerprint density at radius 1 is 1.27 bits per heavy atom. The van der Waals surface area contributed by atoms with E-state index in [-0.39, 0.29) is 0 Å². The first kappa shape index (κ1) is 15.0. The summed E-state index contributed by atoms with van der Waals surface area (Å²) >= 11 is 0. The predicted octanol–water partition coefficient (Wildman–Crippen LogP) is 3.27.